The van der Waals surface area contributed by atoms with Gasteiger partial charge in [0.05, 0.1) is 7.11 Å². The molecule has 0 saturated heterocycles. The van der Waals surface area contributed by atoms with Gasteiger partial charge in [-0.25, -0.2) is 0 Å². The van der Waals surface area contributed by atoms with E-state index in [4.69, 9.17) is 4.74 Å². The van der Waals surface area contributed by atoms with Gasteiger partial charge in [0.2, 0.25) is 11.9 Å². The third kappa shape index (κ3) is 3.51. The molecule has 0 radical (unpaired) electrons. The van der Waals surface area contributed by atoms with Crippen LogP contribution in [0, 0.1) is 0 Å². The molecule has 0 unspecified atom stereocenters. The van der Waals surface area contributed by atoms with E-state index in [1.807, 2.05) is 48.5 Å². The highest BCUT2D eigenvalue weighted by molar-refractivity contribution is 6.00. The number of anilines is 2. The molecule has 32 heavy (non-hydrogen) atoms. The number of rotatable bonds is 4. The summed E-state index contributed by atoms with van der Waals surface area (Å²) in [7, 11) is 1.63. The van der Waals surface area contributed by atoms with Gasteiger partial charge in [0, 0.05) is 30.3 Å². The number of amides is 1. The summed E-state index contributed by atoms with van der Waals surface area (Å²) >= 11 is 0. The Hall–Kier alpha value is -4.01. The van der Waals surface area contributed by atoms with Crippen molar-refractivity contribution in [2.75, 3.05) is 17.7 Å². The van der Waals surface area contributed by atoms with Crippen LogP contribution in [0.15, 0.2) is 59.8 Å². The molecule has 0 spiro atoms. The number of fused-ring (bicyclic) bond motifs is 1. The van der Waals surface area contributed by atoms with Crippen LogP contribution in [0.2, 0.25) is 0 Å². The number of tetrazole rings is 1. The first-order chi connectivity index (χ1) is 15.5. The van der Waals surface area contributed by atoms with Gasteiger partial charge in [-0.3, -0.25) is 9.59 Å². The van der Waals surface area contributed by atoms with Crippen LogP contribution in [-0.2, 0) is 9.59 Å². The predicted octanol–water partition coefficient (Wildman–Crippen LogP) is 3.06. The highest BCUT2D eigenvalue weighted by Gasteiger charge is 2.39. The Kier molecular flexibility index (Phi) is 4.93. The van der Waals surface area contributed by atoms with Crippen molar-refractivity contribution < 1.29 is 14.3 Å². The van der Waals surface area contributed by atoms with Gasteiger partial charge in [0.25, 0.3) is 0 Å². The molecule has 2 aliphatic rings. The largest absolute Gasteiger partial charge is 0.497 e. The van der Waals surface area contributed by atoms with Gasteiger partial charge in [-0.2, -0.15) is 4.68 Å². The minimum absolute atomic E-state index is 0.0601. The number of hydrogen-bond acceptors (Lipinski definition) is 7. The lowest BCUT2D eigenvalue weighted by molar-refractivity contribution is -0.117. The normalized spacial score (nSPS) is 19.6. The number of aromatic nitrogens is 4. The van der Waals surface area contributed by atoms with E-state index in [9.17, 15) is 9.59 Å². The van der Waals surface area contributed by atoms with E-state index < -0.39 is 6.04 Å². The van der Waals surface area contributed by atoms with Crippen LogP contribution in [0.25, 0.3) is 0 Å². The molecule has 3 aromatic rings. The average Bonchev–Trinajstić information content (AvgIpc) is 3.26. The van der Waals surface area contributed by atoms with Crippen LogP contribution in [0.1, 0.15) is 42.9 Å². The summed E-state index contributed by atoms with van der Waals surface area (Å²) in [5.41, 5.74) is 4.18. The summed E-state index contributed by atoms with van der Waals surface area (Å²) in [6, 6.07) is 14.8. The van der Waals surface area contributed by atoms with Crippen molar-refractivity contribution in [3.8, 4) is 5.75 Å². The molecule has 2 N–H and O–H groups in total. The predicted molar refractivity (Wildman–Crippen MR) is 117 cm³/mol. The lowest BCUT2D eigenvalue weighted by Crippen LogP contribution is -2.33. The number of benzene rings is 2. The summed E-state index contributed by atoms with van der Waals surface area (Å²) in [4.78, 5) is 24.7. The molecule has 9 heteroatoms. The Bertz CT molecular complexity index is 1210. The Morgan fingerprint density at radius 3 is 2.50 bits per heavy atom. The zero-order chi connectivity index (χ0) is 22.2. The number of ketones is 1. The molecular weight excluding hydrogens is 408 g/mol. The van der Waals surface area contributed by atoms with Crippen LogP contribution < -0.4 is 15.4 Å². The molecule has 1 amide bonds. The molecule has 2 atom stereocenters. The van der Waals surface area contributed by atoms with E-state index in [1.165, 1.54) is 6.92 Å². The van der Waals surface area contributed by atoms with E-state index in [0.717, 1.165) is 22.6 Å². The molecule has 0 bridgehead atoms. The number of carbonyl (C=O) groups excluding carboxylic acids is 2. The lowest BCUT2D eigenvalue weighted by atomic mass is 9.78. The number of allylic oxidation sites excluding steroid dienone is 2. The van der Waals surface area contributed by atoms with Crippen molar-refractivity contribution in [2.24, 2.45) is 0 Å². The zero-order valence-electron chi connectivity index (χ0n) is 17.7. The fourth-order valence-corrected chi connectivity index (χ4v) is 4.45. The quantitative estimate of drug-likeness (QED) is 0.654. The van der Waals surface area contributed by atoms with Crippen molar-refractivity contribution in [1.82, 2.24) is 20.2 Å². The number of carbonyl (C=O) groups is 2. The topological polar surface area (TPSA) is 111 Å². The summed E-state index contributed by atoms with van der Waals surface area (Å²) in [5, 5.41) is 18.1. The van der Waals surface area contributed by atoms with Crippen LogP contribution in [0.4, 0.5) is 11.6 Å². The van der Waals surface area contributed by atoms with Gasteiger partial charge >= 0.3 is 0 Å². The van der Waals surface area contributed by atoms with Crippen LogP contribution >= 0.6 is 0 Å². The molecule has 0 saturated carbocycles. The zero-order valence-corrected chi connectivity index (χ0v) is 17.7. The van der Waals surface area contributed by atoms with Crippen LogP contribution in [0.5, 0.6) is 5.75 Å². The molecule has 0 fully saturated rings. The Morgan fingerprint density at radius 1 is 1.09 bits per heavy atom. The Morgan fingerprint density at radius 2 is 1.81 bits per heavy atom. The fraction of sp³-hybridized carbons (Fsp3) is 0.261. The van der Waals surface area contributed by atoms with Crippen molar-refractivity contribution >= 4 is 23.3 Å². The Balaban J connectivity index is 1.51. The average molecular weight is 430 g/mol. The van der Waals surface area contributed by atoms with Crippen molar-refractivity contribution in [3.63, 3.8) is 0 Å². The maximum Gasteiger partial charge on any atom is 0.248 e. The number of methoxy groups -OCH3 is 1. The van der Waals surface area contributed by atoms with E-state index in [-0.39, 0.29) is 17.6 Å². The van der Waals surface area contributed by atoms with E-state index >= 15 is 0 Å². The third-order valence-electron chi connectivity index (χ3n) is 5.92. The van der Waals surface area contributed by atoms with Gasteiger partial charge in [-0.05, 0) is 58.2 Å². The van der Waals surface area contributed by atoms with Gasteiger partial charge < -0.3 is 15.4 Å². The SMILES string of the molecule is COc1ccc([C@H]2CC(=O)C3=C(C2)Nc2nnnn2[C@H]3c2ccc(NC(C)=O)cc2)cc1. The van der Waals surface area contributed by atoms with E-state index in [0.29, 0.717) is 30.1 Å². The summed E-state index contributed by atoms with van der Waals surface area (Å²) < 4.78 is 6.89. The number of nitrogens with one attached hydrogen (secondary N) is 2. The minimum atomic E-state index is -0.424. The summed E-state index contributed by atoms with van der Waals surface area (Å²) in [5.74, 6) is 1.28. The first-order valence-corrected chi connectivity index (χ1v) is 10.4. The first kappa shape index (κ1) is 19.9. The second-order valence-corrected chi connectivity index (χ2v) is 7.97. The number of Topliss-reactive ketones (excluding diaryl/α,β-unsaturated/α-hetero) is 1. The van der Waals surface area contributed by atoms with Gasteiger partial charge in [0.1, 0.15) is 11.8 Å². The molecule has 162 valence electrons. The van der Waals surface area contributed by atoms with E-state index in [1.54, 1.807) is 11.8 Å². The fourth-order valence-electron chi connectivity index (χ4n) is 4.45. The minimum Gasteiger partial charge on any atom is -0.497 e. The van der Waals surface area contributed by atoms with Gasteiger partial charge in [-0.1, -0.05) is 29.4 Å². The lowest BCUT2D eigenvalue weighted by Gasteiger charge is -2.34. The molecule has 2 aromatic carbocycles. The third-order valence-corrected chi connectivity index (χ3v) is 5.92. The van der Waals surface area contributed by atoms with Crippen molar-refractivity contribution in [3.05, 3.63) is 70.9 Å². The molecule has 1 aromatic heterocycles. The van der Waals surface area contributed by atoms with Crippen molar-refractivity contribution in [1.29, 1.82) is 0 Å². The highest BCUT2D eigenvalue weighted by atomic mass is 16.5. The smallest absolute Gasteiger partial charge is 0.248 e. The standard InChI is InChI=1S/C23H22N6O3/c1-13(30)24-17-7-3-15(4-8-17)22-21-19(25-23-26-27-28-29(22)23)11-16(12-20(21)31)14-5-9-18(32-2)10-6-14/h3-10,16,22H,11-12H2,1-2H3,(H,24,30)(H,25,26,28)/t16-,22+/m1/s1. The second-order valence-electron chi connectivity index (χ2n) is 7.97. The number of hydrogen-bond donors (Lipinski definition) is 2. The van der Waals surface area contributed by atoms with Crippen molar-refractivity contribution in [2.45, 2.75) is 31.7 Å². The molecule has 9 nitrogen and oxygen atoms in total. The Labute approximate surface area is 184 Å². The molecule has 2 heterocycles. The van der Waals surface area contributed by atoms with Gasteiger partial charge in [-0.15, -0.1) is 0 Å². The van der Waals surface area contributed by atoms with E-state index in [2.05, 4.69) is 26.2 Å². The monoisotopic (exact) mass is 430 g/mol. The highest BCUT2D eigenvalue weighted by Crippen LogP contribution is 2.43. The summed E-state index contributed by atoms with van der Waals surface area (Å²) in [6.45, 7) is 1.46. The molecule has 5 rings (SSSR count). The van der Waals surface area contributed by atoms with Crippen LogP contribution in [-0.4, -0.2) is 39.0 Å². The van der Waals surface area contributed by atoms with Gasteiger partial charge in [0.15, 0.2) is 5.78 Å². The molecule has 1 aliphatic carbocycles. The molecular formula is C23H22N6O3. The first-order valence-electron chi connectivity index (χ1n) is 10.4. The number of ether oxygens (including phenoxy) is 1. The maximum absolute atomic E-state index is 13.4. The molecule has 1 aliphatic heterocycles. The number of nitrogens with zero attached hydrogens (tertiary/aromatic N) is 4. The summed E-state index contributed by atoms with van der Waals surface area (Å²) in [6.07, 6.45) is 1.09. The van der Waals surface area contributed by atoms with Crippen LogP contribution in [0.3, 0.4) is 0 Å². The maximum atomic E-state index is 13.4. The second kappa shape index (κ2) is 7.92.